The van der Waals surface area contributed by atoms with E-state index in [2.05, 4.69) is 10.3 Å². The van der Waals surface area contributed by atoms with E-state index in [0.717, 1.165) is 28.4 Å². The Balaban J connectivity index is 1.51. The van der Waals surface area contributed by atoms with Gasteiger partial charge in [0.25, 0.3) is 5.91 Å². The lowest BCUT2D eigenvalue weighted by Gasteiger charge is -2.19. The zero-order valence-electron chi connectivity index (χ0n) is 20.5. The monoisotopic (exact) mass is 539 g/mol. The molecule has 0 unspecified atom stereocenters. The van der Waals surface area contributed by atoms with Gasteiger partial charge in [0.1, 0.15) is 0 Å². The van der Waals surface area contributed by atoms with Crippen molar-refractivity contribution in [1.82, 2.24) is 4.98 Å². The Hall–Kier alpha value is -4.18. The molecule has 4 aromatic rings. The molecule has 2 amide bonds. The molecule has 0 atom stereocenters. The molecule has 2 N–H and O–H groups in total. The second kappa shape index (κ2) is 11.1. The number of carbonyl (C=O) groups excluding carboxylic acids is 1. The van der Waals surface area contributed by atoms with Crippen molar-refractivity contribution in [2.45, 2.75) is 26.4 Å². The fraction of sp³-hybridized carbons (Fsp3) is 0.179. The molecule has 1 aromatic heterocycles. The summed E-state index contributed by atoms with van der Waals surface area (Å²) in [6.45, 7) is 3.93. The molecule has 196 valence electrons. The van der Waals surface area contributed by atoms with Crippen molar-refractivity contribution in [1.29, 1.82) is 0 Å². The quantitative estimate of drug-likeness (QED) is 0.256. The smallest absolute Gasteiger partial charge is 0.416 e. The molecule has 3 aromatic carbocycles. The van der Waals surface area contributed by atoms with E-state index in [4.69, 9.17) is 0 Å². The molecule has 0 saturated carbocycles. The average molecular weight is 540 g/mol. The molecule has 10 heteroatoms. The number of nitrogens with zero attached hydrogens (tertiary/aromatic N) is 2. The number of halogens is 3. The van der Waals surface area contributed by atoms with Gasteiger partial charge in [0.15, 0.2) is 0 Å². The number of aryl methyl sites for hydroxylation is 2. The molecule has 0 aliphatic heterocycles. The van der Waals surface area contributed by atoms with Crippen molar-refractivity contribution in [3.63, 3.8) is 0 Å². The number of anilines is 2. The number of hydrogen-bond donors (Lipinski definition) is 2. The highest BCUT2D eigenvalue weighted by molar-refractivity contribution is 7.09. The summed E-state index contributed by atoms with van der Waals surface area (Å²) in [5, 5.41) is 15.3. The molecule has 38 heavy (non-hydrogen) atoms. The first-order valence-electron chi connectivity index (χ1n) is 11.6. The normalized spacial score (nSPS) is 11.3. The Kier molecular flexibility index (Phi) is 7.82. The summed E-state index contributed by atoms with van der Waals surface area (Å²) >= 11 is 1.51. The van der Waals surface area contributed by atoms with Gasteiger partial charge in [-0.25, -0.2) is 9.78 Å². The number of rotatable bonds is 7. The van der Waals surface area contributed by atoms with Crippen LogP contribution >= 0.6 is 11.3 Å². The maximum atomic E-state index is 13.2. The SMILES string of the molecule is Cc1ccc(-c2ccc(C(F)(F)F)cc2)c(C(=O)Nc2ccc(N(CCc3csc(C)n3)C(=O)O)cc2)c1. The Bertz CT molecular complexity index is 1450. The van der Waals surface area contributed by atoms with Crippen molar-refractivity contribution < 1.29 is 27.9 Å². The lowest BCUT2D eigenvalue weighted by atomic mass is 9.96. The minimum atomic E-state index is -4.45. The first kappa shape index (κ1) is 26.9. The summed E-state index contributed by atoms with van der Waals surface area (Å²) in [6, 6.07) is 16.2. The Labute approximate surface area is 221 Å². The third kappa shape index (κ3) is 6.38. The summed E-state index contributed by atoms with van der Waals surface area (Å²) in [6.07, 6.45) is -5.08. The Morgan fingerprint density at radius 1 is 1.00 bits per heavy atom. The molecule has 0 radical (unpaired) electrons. The zero-order valence-corrected chi connectivity index (χ0v) is 21.4. The second-order valence-electron chi connectivity index (χ2n) is 8.67. The first-order chi connectivity index (χ1) is 18.0. The maximum Gasteiger partial charge on any atom is 0.416 e. The van der Waals surface area contributed by atoms with E-state index in [-0.39, 0.29) is 6.54 Å². The van der Waals surface area contributed by atoms with Gasteiger partial charge in [-0.15, -0.1) is 11.3 Å². The molecule has 0 spiro atoms. The van der Waals surface area contributed by atoms with Crippen LogP contribution in [0.4, 0.5) is 29.3 Å². The number of carbonyl (C=O) groups is 2. The summed E-state index contributed by atoms with van der Waals surface area (Å²) in [7, 11) is 0. The number of benzene rings is 3. The number of hydrogen-bond acceptors (Lipinski definition) is 4. The van der Waals surface area contributed by atoms with Gasteiger partial charge in [-0.2, -0.15) is 13.2 Å². The third-order valence-corrected chi connectivity index (χ3v) is 6.69. The molecular weight excluding hydrogens is 515 g/mol. The number of carboxylic acid groups (broad SMARTS) is 1. The van der Waals surface area contributed by atoms with Crippen molar-refractivity contribution in [3.05, 3.63) is 99.5 Å². The molecule has 0 saturated heterocycles. The maximum absolute atomic E-state index is 13.2. The van der Waals surface area contributed by atoms with E-state index < -0.39 is 23.7 Å². The molecular formula is C28H24F3N3O3S. The van der Waals surface area contributed by atoms with Crippen LogP contribution in [0.15, 0.2) is 72.1 Å². The fourth-order valence-electron chi connectivity index (χ4n) is 3.94. The van der Waals surface area contributed by atoms with Crippen molar-refractivity contribution in [2.75, 3.05) is 16.8 Å². The van der Waals surface area contributed by atoms with Crippen LogP contribution < -0.4 is 10.2 Å². The van der Waals surface area contributed by atoms with Crippen LogP contribution in [0.1, 0.15) is 32.2 Å². The predicted molar refractivity (Wildman–Crippen MR) is 142 cm³/mol. The number of nitrogens with one attached hydrogen (secondary N) is 1. The highest BCUT2D eigenvalue weighted by atomic mass is 32.1. The molecule has 0 bridgehead atoms. The Morgan fingerprint density at radius 3 is 2.26 bits per heavy atom. The third-order valence-electron chi connectivity index (χ3n) is 5.87. The van der Waals surface area contributed by atoms with Crippen LogP contribution in [0.2, 0.25) is 0 Å². The van der Waals surface area contributed by atoms with Gasteiger partial charge in [-0.1, -0.05) is 29.8 Å². The van der Waals surface area contributed by atoms with E-state index in [1.807, 2.05) is 19.2 Å². The minimum absolute atomic E-state index is 0.226. The van der Waals surface area contributed by atoms with Crippen LogP contribution in [0.3, 0.4) is 0 Å². The highest BCUT2D eigenvalue weighted by Gasteiger charge is 2.30. The van der Waals surface area contributed by atoms with E-state index >= 15 is 0 Å². The topological polar surface area (TPSA) is 82.5 Å². The van der Waals surface area contributed by atoms with E-state index in [0.29, 0.717) is 34.5 Å². The largest absolute Gasteiger partial charge is 0.465 e. The number of alkyl halides is 3. The summed E-state index contributed by atoms with van der Waals surface area (Å²) in [5.74, 6) is -0.439. The standard InChI is InChI=1S/C28H24F3N3O3S/c1-17-3-12-24(19-4-6-20(7-5-19)28(29,30)31)25(15-17)26(35)33-21-8-10-23(11-9-21)34(27(36)37)14-13-22-16-38-18(2)32-22/h3-12,15-16H,13-14H2,1-2H3,(H,33,35)(H,36,37). The van der Waals surface area contributed by atoms with Gasteiger partial charge in [0.2, 0.25) is 0 Å². The van der Waals surface area contributed by atoms with E-state index in [1.165, 1.54) is 28.4 Å². The van der Waals surface area contributed by atoms with E-state index in [1.54, 1.807) is 42.5 Å². The fourth-order valence-corrected chi connectivity index (χ4v) is 4.59. The van der Waals surface area contributed by atoms with Gasteiger partial charge >= 0.3 is 12.3 Å². The van der Waals surface area contributed by atoms with Crippen molar-refractivity contribution >= 4 is 34.7 Å². The summed E-state index contributed by atoms with van der Waals surface area (Å²) in [4.78, 5) is 30.6. The van der Waals surface area contributed by atoms with Gasteiger partial charge < -0.3 is 10.4 Å². The second-order valence-corrected chi connectivity index (χ2v) is 9.73. The molecule has 6 nitrogen and oxygen atoms in total. The summed E-state index contributed by atoms with van der Waals surface area (Å²) in [5.41, 5.74) is 3.04. The van der Waals surface area contributed by atoms with E-state index in [9.17, 15) is 27.9 Å². The lowest BCUT2D eigenvalue weighted by Crippen LogP contribution is -2.31. The van der Waals surface area contributed by atoms with Crippen LogP contribution in [0, 0.1) is 13.8 Å². The molecule has 0 aliphatic carbocycles. The van der Waals surface area contributed by atoms with Crippen LogP contribution in [0.25, 0.3) is 11.1 Å². The van der Waals surface area contributed by atoms with Gasteiger partial charge in [-0.05, 0) is 67.4 Å². The number of thiazole rings is 1. The molecule has 1 heterocycles. The van der Waals surface area contributed by atoms with Crippen LogP contribution in [-0.4, -0.2) is 28.6 Å². The van der Waals surface area contributed by atoms with Crippen LogP contribution in [-0.2, 0) is 12.6 Å². The molecule has 4 rings (SSSR count). The Morgan fingerprint density at radius 2 is 1.68 bits per heavy atom. The molecule has 0 fully saturated rings. The van der Waals surface area contributed by atoms with Crippen molar-refractivity contribution in [3.8, 4) is 11.1 Å². The molecule has 0 aliphatic rings. The number of aromatic nitrogens is 1. The predicted octanol–water partition coefficient (Wildman–Crippen LogP) is 7.43. The summed E-state index contributed by atoms with van der Waals surface area (Å²) < 4.78 is 38.9. The first-order valence-corrected chi connectivity index (χ1v) is 12.5. The van der Waals surface area contributed by atoms with Gasteiger partial charge in [0, 0.05) is 35.3 Å². The van der Waals surface area contributed by atoms with Crippen LogP contribution in [0.5, 0.6) is 0 Å². The number of amides is 2. The highest BCUT2D eigenvalue weighted by Crippen LogP contribution is 2.32. The lowest BCUT2D eigenvalue weighted by molar-refractivity contribution is -0.137. The zero-order chi connectivity index (χ0) is 27.4. The van der Waals surface area contributed by atoms with Gasteiger partial charge in [0.05, 0.1) is 16.3 Å². The minimum Gasteiger partial charge on any atom is -0.465 e. The van der Waals surface area contributed by atoms with Gasteiger partial charge in [-0.3, -0.25) is 9.69 Å². The average Bonchev–Trinajstić information content (AvgIpc) is 3.29. The van der Waals surface area contributed by atoms with Crippen molar-refractivity contribution in [2.24, 2.45) is 0 Å².